The SMILES string of the molecule is COC(=O)c1ccc([C@H](C(=O)NC2CCCCC2)N(Cc2ccc(OC)cc2)C(=O)Cn2nnc3ccccc32)cc1. The summed E-state index contributed by atoms with van der Waals surface area (Å²) in [6.45, 7) is 0.0566. The van der Waals surface area contributed by atoms with Crippen molar-refractivity contribution in [2.45, 2.75) is 57.3 Å². The summed E-state index contributed by atoms with van der Waals surface area (Å²) in [5.41, 5.74) is 3.17. The third-order valence-corrected chi connectivity index (χ3v) is 7.70. The molecule has 0 unspecified atom stereocenters. The van der Waals surface area contributed by atoms with E-state index in [9.17, 15) is 14.4 Å². The lowest BCUT2D eigenvalue weighted by Gasteiger charge is -2.33. The van der Waals surface area contributed by atoms with Crippen molar-refractivity contribution in [2.24, 2.45) is 0 Å². The van der Waals surface area contributed by atoms with E-state index in [1.165, 1.54) is 7.11 Å². The summed E-state index contributed by atoms with van der Waals surface area (Å²) in [7, 11) is 2.91. The number of para-hydroxylation sites is 1. The van der Waals surface area contributed by atoms with Crippen LogP contribution in [0.2, 0.25) is 0 Å². The highest BCUT2D eigenvalue weighted by molar-refractivity contribution is 5.91. The molecule has 1 N–H and O–H groups in total. The molecule has 4 aromatic rings. The van der Waals surface area contributed by atoms with Crippen LogP contribution in [-0.4, -0.2) is 57.9 Å². The second-order valence-electron chi connectivity index (χ2n) is 10.5. The molecule has 0 radical (unpaired) electrons. The largest absolute Gasteiger partial charge is 0.497 e. The Morgan fingerprint density at radius 3 is 2.36 bits per heavy atom. The molecular weight excluding hydrogens is 534 g/mol. The van der Waals surface area contributed by atoms with Gasteiger partial charge in [-0.3, -0.25) is 9.59 Å². The zero-order chi connectivity index (χ0) is 29.5. The smallest absolute Gasteiger partial charge is 0.337 e. The van der Waals surface area contributed by atoms with Gasteiger partial charge in [-0.1, -0.05) is 60.9 Å². The quantitative estimate of drug-likeness (QED) is 0.281. The molecule has 1 aliphatic carbocycles. The Balaban J connectivity index is 1.53. The maximum absolute atomic E-state index is 14.2. The van der Waals surface area contributed by atoms with E-state index in [4.69, 9.17) is 9.47 Å². The van der Waals surface area contributed by atoms with Gasteiger partial charge in [-0.15, -0.1) is 5.10 Å². The van der Waals surface area contributed by atoms with Crippen molar-refractivity contribution in [3.8, 4) is 5.75 Å². The van der Waals surface area contributed by atoms with E-state index in [0.29, 0.717) is 22.4 Å². The van der Waals surface area contributed by atoms with Crippen molar-refractivity contribution in [2.75, 3.05) is 14.2 Å². The number of esters is 1. The van der Waals surface area contributed by atoms with Crippen LogP contribution >= 0.6 is 0 Å². The number of carbonyl (C=O) groups excluding carboxylic acids is 3. The molecule has 10 nitrogen and oxygen atoms in total. The number of nitrogens with zero attached hydrogens (tertiary/aromatic N) is 4. The standard InChI is InChI=1S/C32H35N5O5/c1-41-26-18-12-22(13-19-26)20-36(29(38)21-37-28-11-7-6-10-27(28)34-35-37)30(31(39)33-25-8-4-3-5-9-25)23-14-16-24(17-15-23)32(40)42-2/h6-7,10-19,25,30H,3-5,8-9,20-21H2,1-2H3,(H,33,39)/t30-/m1/s1. The summed E-state index contributed by atoms with van der Waals surface area (Å²) in [6, 6.07) is 20.5. The molecule has 218 valence electrons. The molecule has 10 heteroatoms. The maximum Gasteiger partial charge on any atom is 0.337 e. The first-order chi connectivity index (χ1) is 20.5. The van der Waals surface area contributed by atoms with Crippen molar-refractivity contribution in [1.82, 2.24) is 25.2 Å². The summed E-state index contributed by atoms with van der Waals surface area (Å²) in [6.07, 6.45) is 5.06. The molecule has 0 spiro atoms. The summed E-state index contributed by atoms with van der Waals surface area (Å²) in [5, 5.41) is 11.6. The number of methoxy groups -OCH3 is 2. The first-order valence-corrected chi connectivity index (χ1v) is 14.2. The van der Waals surface area contributed by atoms with Crippen LogP contribution in [0, 0.1) is 0 Å². The van der Waals surface area contributed by atoms with Gasteiger partial charge in [0.25, 0.3) is 0 Å². The lowest BCUT2D eigenvalue weighted by atomic mass is 9.94. The molecule has 1 atom stereocenters. The number of hydrogen-bond acceptors (Lipinski definition) is 7. The third-order valence-electron chi connectivity index (χ3n) is 7.70. The van der Waals surface area contributed by atoms with E-state index in [-0.39, 0.29) is 30.9 Å². The van der Waals surface area contributed by atoms with Gasteiger partial charge in [0.1, 0.15) is 23.9 Å². The van der Waals surface area contributed by atoms with Crippen molar-refractivity contribution < 1.29 is 23.9 Å². The van der Waals surface area contributed by atoms with Crippen LogP contribution in [0.3, 0.4) is 0 Å². The Morgan fingerprint density at radius 2 is 1.67 bits per heavy atom. The van der Waals surface area contributed by atoms with Gasteiger partial charge < -0.3 is 19.7 Å². The van der Waals surface area contributed by atoms with E-state index in [2.05, 4.69) is 15.6 Å². The van der Waals surface area contributed by atoms with Gasteiger partial charge in [-0.05, 0) is 60.4 Å². The van der Waals surface area contributed by atoms with Crippen LogP contribution in [0.15, 0.2) is 72.8 Å². The normalized spacial score (nSPS) is 14.2. The highest BCUT2D eigenvalue weighted by Crippen LogP contribution is 2.27. The van der Waals surface area contributed by atoms with Crippen LogP contribution in [0.5, 0.6) is 5.75 Å². The first-order valence-electron chi connectivity index (χ1n) is 14.2. The van der Waals surface area contributed by atoms with Crippen molar-refractivity contribution in [3.05, 3.63) is 89.5 Å². The van der Waals surface area contributed by atoms with Crippen LogP contribution < -0.4 is 10.1 Å². The molecule has 42 heavy (non-hydrogen) atoms. The summed E-state index contributed by atoms with van der Waals surface area (Å²) >= 11 is 0. The summed E-state index contributed by atoms with van der Waals surface area (Å²) in [5.74, 6) is -0.356. The van der Waals surface area contributed by atoms with Crippen LogP contribution in [0.25, 0.3) is 11.0 Å². The van der Waals surface area contributed by atoms with E-state index >= 15 is 0 Å². The van der Waals surface area contributed by atoms with Crippen molar-refractivity contribution >= 4 is 28.8 Å². The lowest BCUT2D eigenvalue weighted by Crippen LogP contribution is -2.47. The predicted octanol–water partition coefficient (Wildman–Crippen LogP) is 4.45. The van der Waals surface area contributed by atoms with Gasteiger partial charge >= 0.3 is 5.97 Å². The van der Waals surface area contributed by atoms with Gasteiger partial charge in [0.2, 0.25) is 11.8 Å². The number of ether oxygens (including phenoxy) is 2. The first kappa shape index (κ1) is 28.8. The van der Waals surface area contributed by atoms with E-state index in [0.717, 1.165) is 43.2 Å². The van der Waals surface area contributed by atoms with Gasteiger partial charge in [0.05, 0.1) is 25.3 Å². The van der Waals surface area contributed by atoms with Crippen LogP contribution in [-0.2, 0) is 27.4 Å². The Kier molecular flexibility index (Phi) is 9.11. The van der Waals surface area contributed by atoms with Gasteiger partial charge in [-0.2, -0.15) is 0 Å². The number of fused-ring (bicyclic) bond motifs is 1. The number of rotatable bonds is 10. The fraction of sp³-hybridized carbons (Fsp3) is 0.344. The van der Waals surface area contributed by atoms with Gasteiger partial charge in [0.15, 0.2) is 0 Å². The number of carbonyl (C=O) groups is 3. The molecule has 2 amide bonds. The fourth-order valence-corrected chi connectivity index (χ4v) is 5.42. The molecule has 1 saturated carbocycles. The molecule has 1 aliphatic rings. The molecule has 1 heterocycles. The van der Waals surface area contributed by atoms with E-state index in [1.807, 2.05) is 48.5 Å². The molecule has 0 aliphatic heterocycles. The average Bonchev–Trinajstić information content (AvgIpc) is 3.44. The molecule has 1 aromatic heterocycles. The number of hydrogen-bond donors (Lipinski definition) is 1. The van der Waals surface area contributed by atoms with Gasteiger partial charge in [-0.25, -0.2) is 9.48 Å². The zero-order valence-corrected chi connectivity index (χ0v) is 23.9. The Labute approximate surface area is 244 Å². The lowest BCUT2D eigenvalue weighted by molar-refractivity contribution is -0.142. The van der Waals surface area contributed by atoms with Crippen LogP contribution in [0.4, 0.5) is 0 Å². The molecule has 1 fully saturated rings. The van der Waals surface area contributed by atoms with E-state index in [1.54, 1.807) is 41.0 Å². The number of amides is 2. The third kappa shape index (κ3) is 6.59. The fourth-order valence-electron chi connectivity index (χ4n) is 5.42. The minimum atomic E-state index is -0.956. The van der Waals surface area contributed by atoms with Crippen molar-refractivity contribution in [1.29, 1.82) is 0 Å². The summed E-state index contributed by atoms with van der Waals surface area (Å²) in [4.78, 5) is 42.0. The minimum absolute atomic E-state index is 0.0419. The van der Waals surface area contributed by atoms with Gasteiger partial charge in [0, 0.05) is 12.6 Å². The summed E-state index contributed by atoms with van der Waals surface area (Å²) < 4.78 is 11.7. The topological polar surface area (TPSA) is 116 Å². The predicted molar refractivity (Wildman–Crippen MR) is 157 cm³/mol. The average molecular weight is 570 g/mol. The molecular formula is C32H35N5O5. The monoisotopic (exact) mass is 569 g/mol. The number of aromatic nitrogens is 3. The second kappa shape index (κ2) is 13.3. The molecule has 0 bridgehead atoms. The Bertz CT molecular complexity index is 1530. The second-order valence-corrected chi connectivity index (χ2v) is 10.5. The number of nitrogens with one attached hydrogen (secondary N) is 1. The molecule has 0 saturated heterocycles. The maximum atomic E-state index is 14.2. The van der Waals surface area contributed by atoms with Crippen LogP contribution in [0.1, 0.15) is 59.6 Å². The zero-order valence-electron chi connectivity index (χ0n) is 23.9. The Morgan fingerprint density at radius 1 is 0.952 bits per heavy atom. The van der Waals surface area contributed by atoms with E-state index < -0.39 is 12.0 Å². The number of benzene rings is 3. The van der Waals surface area contributed by atoms with Crippen molar-refractivity contribution in [3.63, 3.8) is 0 Å². The minimum Gasteiger partial charge on any atom is -0.497 e. The highest BCUT2D eigenvalue weighted by Gasteiger charge is 2.33. The molecule has 5 rings (SSSR count). The highest BCUT2D eigenvalue weighted by atomic mass is 16.5. The molecule has 3 aromatic carbocycles. The Hall–Kier alpha value is -4.73.